The van der Waals surface area contributed by atoms with Gasteiger partial charge in [0, 0.05) is 30.2 Å². The van der Waals surface area contributed by atoms with E-state index in [1.807, 2.05) is 0 Å². The van der Waals surface area contributed by atoms with Crippen molar-refractivity contribution in [2.24, 2.45) is 0 Å². The number of carbonyl (C=O) groups excluding carboxylic acids is 1. The maximum Gasteiger partial charge on any atom is 0.232 e. The topological polar surface area (TPSA) is 115 Å². The van der Waals surface area contributed by atoms with Gasteiger partial charge in [-0.05, 0) is 50.8 Å². The maximum absolute atomic E-state index is 13.7. The fraction of sp³-hybridized carbons (Fsp3) is 0.500. The van der Waals surface area contributed by atoms with E-state index < -0.39 is 19.9 Å². The lowest BCUT2D eigenvalue weighted by Crippen LogP contribution is -2.31. The van der Waals surface area contributed by atoms with Crippen molar-refractivity contribution in [1.29, 1.82) is 0 Å². The molecule has 1 aromatic carbocycles. The zero-order valence-corrected chi connectivity index (χ0v) is 18.7. The van der Waals surface area contributed by atoms with E-state index in [1.54, 1.807) is 6.92 Å². The summed E-state index contributed by atoms with van der Waals surface area (Å²) in [5, 5.41) is 4.16. The molecule has 2 aliphatic carbocycles. The number of carbonyl (C=O) groups is 1. The first-order chi connectivity index (χ1) is 14.0. The minimum Gasteiger partial charge on any atom is -0.360 e. The zero-order chi connectivity index (χ0) is 21.8. The Balaban J connectivity index is 1.91. The highest BCUT2D eigenvalue weighted by Crippen LogP contribution is 2.48. The van der Waals surface area contributed by atoms with Crippen LogP contribution in [0.4, 0.5) is 5.69 Å². The van der Waals surface area contributed by atoms with E-state index in [2.05, 4.69) is 5.16 Å². The summed E-state index contributed by atoms with van der Waals surface area (Å²) >= 11 is 0. The Morgan fingerprint density at radius 2 is 1.73 bits per heavy atom. The predicted octanol–water partition coefficient (Wildman–Crippen LogP) is 2.85. The molecule has 0 amide bonds. The van der Waals surface area contributed by atoms with E-state index in [4.69, 9.17) is 4.52 Å². The second-order valence-corrected chi connectivity index (χ2v) is 12.0. The zero-order valence-electron chi connectivity index (χ0n) is 17.1. The van der Waals surface area contributed by atoms with Gasteiger partial charge < -0.3 is 4.52 Å². The molecule has 0 spiro atoms. The van der Waals surface area contributed by atoms with Crippen LogP contribution >= 0.6 is 0 Å². The fourth-order valence-electron chi connectivity index (χ4n) is 3.66. The minimum atomic E-state index is -3.74. The van der Waals surface area contributed by atoms with Crippen LogP contribution in [0.25, 0.3) is 0 Å². The van der Waals surface area contributed by atoms with Crippen molar-refractivity contribution >= 4 is 31.3 Å². The van der Waals surface area contributed by atoms with E-state index in [-0.39, 0.29) is 40.3 Å². The van der Waals surface area contributed by atoms with Gasteiger partial charge in [-0.2, -0.15) is 0 Å². The second-order valence-electron chi connectivity index (χ2n) is 8.06. The first-order valence-corrected chi connectivity index (χ1v) is 13.6. The SMILES string of the molecule is CCN(c1cc(S(C)(=O)=O)ccc1C(=O)c1c(C2CC2)noc1C1CC1)S(C)(=O)=O. The summed E-state index contributed by atoms with van der Waals surface area (Å²) in [4.78, 5) is 13.6. The van der Waals surface area contributed by atoms with Crippen molar-refractivity contribution in [2.75, 3.05) is 23.4 Å². The van der Waals surface area contributed by atoms with Gasteiger partial charge in [-0.1, -0.05) is 5.16 Å². The van der Waals surface area contributed by atoms with Gasteiger partial charge >= 0.3 is 0 Å². The van der Waals surface area contributed by atoms with Gasteiger partial charge in [0.25, 0.3) is 0 Å². The summed E-state index contributed by atoms with van der Waals surface area (Å²) in [6, 6.07) is 3.99. The summed E-state index contributed by atoms with van der Waals surface area (Å²) in [5.74, 6) is 0.510. The van der Waals surface area contributed by atoms with Gasteiger partial charge in [-0.3, -0.25) is 9.10 Å². The fourth-order valence-corrected chi connectivity index (χ4v) is 5.28. The van der Waals surface area contributed by atoms with Crippen LogP contribution in [0, 0.1) is 0 Å². The molecule has 10 heteroatoms. The lowest BCUT2D eigenvalue weighted by molar-refractivity contribution is 0.103. The minimum absolute atomic E-state index is 0.0497. The van der Waals surface area contributed by atoms with Crippen molar-refractivity contribution in [3.05, 3.63) is 40.8 Å². The molecule has 2 aromatic rings. The third kappa shape index (κ3) is 3.90. The number of hydrogen-bond donors (Lipinski definition) is 0. The Hall–Kier alpha value is -2.20. The van der Waals surface area contributed by atoms with E-state index in [1.165, 1.54) is 18.2 Å². The first-order valence-electron chi connectivity index (χ1n) is 9.88. The monoisotopic (exact) mass is 452 g/mol. The van der Waals surface area contributed by atoms with Crippen molar-refractivity contribution in [3.8, 4) is 0 Å². The van der Waals surface area contributed by atoms with E-state index in [0.717, 1.165) is 42.5 Å². The number of aromatic nitrogens is 1. The number of rotatable bonds is 8. The van der Waals surface area contributed by atoms with Gasteiger partial charge in [0.05, 0.1) is 28.1 Å². The van der Waals surface area contributed by atoms with E-state index >= 15 is 0 Å². The highest BCUT2D eigenvalue weighted by atomic mass is 32.2. The average Bonchev–Trinajstić information content (AvgIpc) is 3.58. The first kappa shape index (κ1) is 21.0. The smallest absolute Gasteiger partial charge is 0.232 e. The molecule has 2 aliphatic rings. The average molecular weight is 453 g/mol. The summed E-state index contributed by atoms with van der Waals surface area (Å²) in [7, 11) is -7.33. The summed E-state index contributed by atoms with van der Waals surface area (Å²) in [6.45, 7) is 1.69. The highest BCUT2D eigenvalue weighted by Gasteiger charge is 2.40. The summed E-state index contributed by atoms with van der Waals surface area (Å²) in [6.07, 6.45) is 5.78. The molecule has 8 nitrogen and oxygen atoms in total. The van der Waals surface area contributed by atoms with Crippen LogP contribution in [0.5, 0.6) is 0 Å². The largest absolute Gasteiger partial charge is 0.360 e. The molecule has 162 valence electrons. The molecule has 2 fully saturated rings. The van der Waals surface area contributed by atoms with Crippen molar-refractivity contribution in [2.45, 2.75) is 49.3 Å². The Morgan fingerprint density at radius 1 is 1.10 bits per heavy atom. The molecule has 0 bridgehead atoms. The Labute approximate surface area is 176 Å². The molecule has 0 saturated heterocycles. The van der Waals surface area contributed by atoms with Crippen LogP contribution in [0.3, 0.4) is 0 Å². The normalized spacial score (nSPS) is 17.2. The molecule has 1 aromatic heterocycles. The molecule has 0 radical (unpaired) electrons. The van der Waals surface area contributed by atoms with Gasteiger partial charge in [-0.15, -0.1) is 0 Å². The molecule has 0 unspecified atom stereocenters. The van der Waals surface area contributed by atoms with Gasteiger partial charge in [-0.25, -0.2) is 16.8 Å². The number of anilines is 1. The summed E-state index contributed by atoms with van der Waals surface area (Å²) in [5.41, 5.74) is 1.22. The maximum atomic E-state index is 13.7. The number of hydrogen-bond acceptors (Lipinski definition) is 7. The second kappa shape index (κ2) is 7.19. The quantitative estimate of drug-likeness (QED) is 0.566. The van der Waals surface area contributed by atoms with Crippen molar-refractivity contribution in [3.63, 3.8) is 0 Å². The predicted molar refractivity (Wildman–Crippen MR) is 111 cm³/mol. The molecule has 30 heavy (non-hydrogen) atoms. The Kier molecular flexibility index (Phi) is 5.05. The molecule has 0 atom stereocenters. The standard InChI is InChI=1S/C20H24N2O6S2/c1-4-22(30(3,26)27)16-11-14(29(2,24)25)9-10-15(16)19(23)17-18(12-5-6-12)21-28-20(17)13-7-8-13/h9-13H,4-8H2,1-3H3. The molecule has 0 aliphatic heterocycles. The van der Waals surface area contributed by atoms with E-state index in [0.29, 0.717) is 17.0 Å². The highest BCUT2D eigenvalue weighted by molar-refractivity contribution is 7.92. The van der Waals surface area contributed by atoms with Gasteiger partial charge in [0.2, 0.25) is 15.8 Å². The van der Waals surface area contributed by atoms with Crippen LogP contribution in [0.2, 0.25) is 0 Å². The Morgan fingerprint density at radius 3 is 2.23 bits per heavy atom. The van der Waals surface area contributed by atoms with Gasteiger partial charge in [0.15, 0.2) is 15.6 Å². The molecule has 2 saturated carbocycles. The van der Waals surface area contributed by atoms with Crippen molar-refractivity contribution < 1.29 is 26.2 Å². The van der Waals surface area contributed by atoms with Crippen LogP contribution in [0.1, 0.15) is 71.8 Å². The van der Waals surface area contributed by atoms with Crippen LogP contribution in [-0.2, 0) is 19.9 Å². The van der Waals surface area contributed by atoms with Crippen molar-refractivity contribution in [1.82, 2.24) is 5.16 Å². The van der Waals surface area contributed by atoms with E-state index in [9.17, 15) is 21.6 Å². The molecule has 4 rings (SSSR count). The third-order valence-electron chi connectivity index (χ3n) is 5.48. The number of sulfone groups is 1. The number of ketones is 1. The Bertz CT molecular complexity index is 1190. The van der Waals surface area contributed by atoms with Crippen LogP contribution < -0.4 is 4.31 Å². The summed E-state index contributed by atoms with van der Waals surface area (Å²) < 4.78 is 55.5. The molecule has 1 heterocycles. The lowest BCUT2D eigenvalue weighted by Gasteiger charge is -2.23. The van der Waals surface area contributed by atoms with Crippen LogP contribution in [-0.4, -0.2) is 46.8 Å². The third-order valence-corrected chi connectivity index (χ3v) is 7.85. The molecular formula is C20H24N2O6S2. The lowest BCUT2D eigenvalue weighted by atomic mass is 9.96. The number of nitrogens with zero attached hydrogens (tertiary/aromatic N) is 2. The molecule has 0 N–H and O–H groups in total. The molecular weight excluding hydrogens is 428 g/mol. The number of benzene rings is 1. The number of sulfonamides is 1. The van der Waals surface area contributed by atoms with Crippen LogP contribution in [0.15, 0.2) is 27.6 Å². The van der Waals surface area contributed by atoms with Gasteiger partial charge in [0.1, 0.15) is 0 Å².